The molecule has 0 aliphatic carbocycles. The number of rotatable bonds is 6. The fraction of sp³-hybridized carbons (Fsp3) is 0.375. The maximum atomic E-state index is 11.4. The maximum absolute atomic E-state index is 11.4. The topological polar surface area (TPSA) is 49.0 Å². The van der Waals surface area contributed by atoms with Gasteiger partial charge in [0.15, 0.2) is 5.78 Å². The molecule has 0 N–H and O–H groups in total. The van der Waals surface area contributed by atoms with Crippen LogP contribution in [0, 0.1) is 11.3 Å². The smallest absolute Gasteiger partial charge is 0.160 e. The molecule has 0 saturated carbocycles. The summed E-state index contributed by atoms with van der Waals surface area (Å²) in [6.45, 7) is 1.16. The molecule has 0 amide bonds. The molecule has 1 aromatic carbocycles. The molecule has 104 valence electrons. The SMILES string of the molecule is CN(CCc1cn(C)c2ccccc12)CC(=O)CC#N. The first-order chi connectivity index (χ1) is 9.61. The highest BCUT2D eigenvalue weighted by molar-refractivity contribution is 5.84. The van der Waals surface area contributed by atoms with Gasteiger partial charge in [0.1, 0.15) is 0 Å². The molecule has 0 atom stereocenters. The third-order valence-corrected chi connectivity index (χ3v) is 3.46. The molecule has 0 spiro atoms. The van der Waals surface area contributed by atoms with Crippen LogP contribution in [0.4, 0.5) is 0 Å². The van der Waals surface area contributed by atoms with Crippen molar-refractivity contribution in [3.63, 3.8) is 0 Å². The number of hydrogen-bond donors (Lipinski definition) is 0. The van der Waals surface area contributed by atoms with Crippen LogP contribution in [0.5, 0.6) is 0 Å². The highest BCUT2D eigenvalue weighted by Gasteiger charge is 2.09. The van der Waals surface area contributed by atoms with Gasteiger partial charge in [-0.25, -0.2) is 0 Å². The minimum absolute atomic E-state index is 0.00138. The lowest BCUT2D eigenvalue weighted by molar-refractivity contribution is -0.118. The number of Topliss-reactive ketones (excluding diaryl/α,β-unsaturated/α-hetero) is 1. The molecule has 0 bridgehead atoms. The number of ketones is 1. The van der Waals surface area contributed by atoms with E-state index in [2.05, 4.69) is 22.9 Å². The first kappa shape index (κ1) is 14.3. The average Bonchev–Trinajstić information content (AvgIpc) is 2.74. The molecular weight excluding hydrogens is 250 g/mol. The second-order valence-electron chi connectivity index (χ2n) is 5.14. The number of carbonyl (C=O) groups is 1. The molecule has 2 aromatic rings. The Morgan fingerprint density at radius 3 is 2.90 bits per heavy atom. The number of likely N-dealkylation sites (N-methyl/N-ethyl adjacent to an activating group) is 1. The Hall–Kier alpha value is -2.12. The van der Waals surface area contributed by atoms with Gasteiger partial charge in [-0.05, 0) is 25.1 Å². The minimum atomic E-state index is -0.0204. The summed E-state index contributed by atoms with van der Waals surface area (Å²) in [6, 6.07) is 10.2. The number of benzene rings is 1. The zero-order valence-electron chi connectivity index (χ0n) is 12.0. The van der Waals surface area contributed by atoms with Crippen LogP contribution < -0.4 is 0 Å². The van der Waals surface area contributed by atoms with E-state index >= 15 is 0 Å². The Kier molecular flexibility index (Phi) is 4.54. The van der Waals surface area contributed by atoms with Crippen molar-refractivity contribution in [2.24, 2.45) is 7.05 Å². The van der Waals surface area contributed by atoms with Crippen molar-refractivity contribution < 1.29 is 4.79 Å². The van der Waals surface area contributed by atoms with Gasteiger partial charge in [0.05, 0.1) is 19.0 Å². The van der Waals surface area contributed by atoms with Crippen LogP contribution in [-0.4, -0.2) is 35.4 Å². The Labute approximate surface area is 119 Å². The fourth-order valence-corrected chi connectivity index (χ4v) is 2.46. The number of aromatic nitrogens is 1. The maximum Gasteiger partial charge on any atom is 0.160 e. The number of carbonyl (C=O) groups excluding carboxylic acids is 1. The predicted octanol–water partition coefficient (Wildman–Crippen LogP) is 2.14. The van der Waals surface area contributed by atoms with Gasteiger partial charge >= 0.3 is 0 Å². The summed E-state index contributed by atoms with van der Waals surface area (Å²) in [5, 5.41) is 9.76. The van der Waals surface area contributed by atoms with Gasteiger partial charge in [-0.15, -0.1) is 0 Å². The van der Waals surface area contributed by atoms with Crippen molar-refractivity contribution in [3.8, 4) is 6.07 Å². The largest absolute Gasteiger partial charge is 0.350 e. The fourth-order valence-electron chi connectivity index (χ4n) is 2.46. The Morgan fingerprint density at radius 2 is 2.15 bits per heavy atom. The highest BCUT2D eigenvalue weighted by Crippen LogP contribution is 2.20. The number of aryl methyl sites for hydroxylation is 1. The molecule has 0 fully saturated rings. The summed E-state index contributed by atoms with van der Waals surface area (Å²) in [5.74, 6) is -0.0204. The standard InChI is InChI=1S/C16H19N3O/c1-18(12-14(20)7-9-17)10-8-13-11-19(2)16-6-4-3-5-15(13)16/h3-6,11H,7-8,10,12H2,1-2H3. The lowest BCUT2D eigenvalue weighted by Gasteiger charge is -2.14. The van der Waals surface area contributed by atoms with Gasteiger partial charge in [-0.2, -0.15) is 5.26 Å². The van der Waals surface area contributed by atoms with Gasteiger partial charge in [0.25, 0.3) is 0 Å². The van der Waals surface area contributed by atoms with E-state index in [1.165, 1.54) is 16.5 Å². The van der Waals surface area contributed by atoms with E-state index in [9.17, 15) is 4.79 Å². The Balaban J connectivity index is 1.99. The highest BCUT2D eigenvalue weighted by atomic mass is 16.1. The minimum Gasteiger partial charge on any atom is -0.350 e. The van der Waals surface area contributed by atoms with Gasteiger partial charge in [-0.1, -0.05) is 18.2 Å². The van der Waals surface area contributed by atoms with E-state index in [0.29, 0.717) is 6.54 Å². The summed E-state index contributed by atoms with van der Waals surface area (Å²) in [7, 11) is 3.96. The number of nitrogens with zero attached hydrogens (tertiary/aromatic N) is 3. The van der Waals surface area contributed by atoms with Crippen LogP contribution >= 0.6 is 0 Å². The molecule has 4 nitrogen and oxygen atoms in total. The molecule has 4 heteroatoms. The zero-order chi connectivity index (χ0) is 14.5. The molecule has 20 heavy (non-hydrogen) atoms. The second kappa shape index (κ2) is 6.36. The molecule has 0 aliphatic rings. The zero-order valence-corrected chi connectivity index (χ0v) is 12.0. The van der Waals surface area contributed by atoms with Crippen LogP contribution in [0.3, 0.4) is 0 Å². The van der Waals surface area contributed by atoms with Crippen LogP contribution in [-0.2, 0) is 18.3 Å². The van der Waals surface area contributed by atoms with Crippen molar-refractivity contribution >= 4 is 16.7 Å². The lowest BCUT2D eigenvalue weighted by Crippen LogP contribution is -2.27. The van der Waals surface area contributed by atoms with E-state index < -0.39 is 0 Å². The Bertz CT molecular complexity index is 651. The van der Waals surface area contributed by atoms with Gasteiger partial charge in [-0.3, -0.25) is 9.69 Å². The third kappa shape index (κ3) is 3.25. The van der Waals surface area contributed by atoms with Crippen molar-refractivity contribution in [1.29, 1.82) is 5.26 Å². The Morgan fingerprint density at radius 1 is 1.40 bits per heavy atom. The summed E-state index contributed by atoms with van der Waals surface area (Å²) in [6.07, 6.45) is 3.05. The van der Waals surface area contributed by atoms with Crippen molar-refractivity contribution in [1.82, 2.24) is 9.47 Å². The summed E-state index contributed by atoms with van der Waals surface area (Å²) < 4.78 is 2.13. The van der Waals surface area contributed by atoms with E-state index in [-0.39, 0.29) is 12.2 Å². The van der Waals surface area contributed by atoms with Crippen molar-refractivity contribution in [3.05, 3.63) is 36.0 Å². The molecule has 2 rings (SSSR count). The van der Waals surface area contributed by atoms with E-state index in [0.717, 1.165) is 13.0 Å². The molecule has 1 aromatic heterocycles. The van der Waals surface area contributed by atoms with Gasteiger partial charge in [0.2, 0.25) is 0 Å². The second-order valence-corrected chi connectivity index (χ2v) is 5.14. The van der Waals surface area contributed by atoms with Crippen LogP contribution in [0.25, 0.3) is 10.9 Å². The quantitative estimate of drug-likeness (QED) is 0.807. The molecule has 0 saturated heterocycles. The number of para-hydroxylation sites is 1. The number of fused-ring (bicyclic) bond motifs is 1. The lowest BCUT2D eigenvalue weighted by atomic mass is 10.1. The van der Waals surface area contributed by atoms with Gasteiger partial charge < -0.3 is 4.57 Å². The normalized spacial score (nSPS) is 10.9. The molecular formula is C16H19N3O. The van der Waals surface area contributed by atoms with Crippen LogP contribution in [0.15, 0.2) is 30.5 Å². The van der Waals surface area contributed by atoms with Gasteiger partial charge in [0, 0.05) is 30.7 Å². The van der Waals surface area contributed by atoms with Crippen molar-refractivity contribution in [2.75, 3.05) is 20.1 Å². The van der Waals surface area contributed by atoms with Crippen molar-refractivity contribution in [2.45, 2.75) is 12.8 Å². The predicted molar refractivity (Wildman–Crippen MR) is 79.4 cm³/mol. The summed E-state index contributed by atoms with van der Waals surface area (Å²) in [4.78, 5) is 13.4. The summed E-state index contributed by atoms with van der Waals surface area (Å²) >= 11 is 0. The molecule has 0 radical (unpaired) electrons. The monoisotopic (exact) mass is 269 g/mol. The third-order valence-electron chi connectivity index (χ3n) is 3.46. The van der Waals surface area contributed by atoms with E-state index in [4.69, 9.17) is 5.26 Å². The average molecular weight is 269 g/mol. The van der Waals surface area contributed by atoms with E-state index in [1.807, 2.05) is 37.2 Å². The van der Waals surface area contributed by atoms with E-state index in [1.54, 1.807) is 0 Å². The first-order valence-electron chi connectivity index (χ1n) is 6.72. The number of nitriles is 1. The molecule has 1 heterocycles. The molecule has 0 unspecified atom stereocenters. The number of hydrogen-bond acceptors (Lipinski definition) is 3. The summed E-state index contributed by atoms with van der Waals surface area (Å²) in [5.41, 5.74) is 2.52. The van der Waals surface area contributed by atoms with Crippen LogP contribution in [0.1, 0.15) is 12.0 Å². The molecule has 0 aliphatic heterocycles. The van der Waals surface area contributed by atoms with Crippen LogP contribution in [0.2, 0.25) is 0 Å². The first-order valence-corrected chi connectivity index (χ1v) is 6.72.